The molecule has 0 saturated carbocycles. The lowest BCUT2D eigenvalue weighted by Gasteiger charge is -2.17. The summed E-state index contributed by atoms with van der Waals surface area (Å²) >= 11 is 0. The number of fused-ring (bicyclic) bond motifs is 3. The van der Waals surface area contributed by atoms with E-state index in [4.69, 9.17) is 14.4 Å². The second-order valence-corrected chi connectivity index (χ2v) is 8.37. The quantitative estimate of drug-likeness (QED) is 0.332. The molecule has 3 nitrogen and oxygen atoms in total. The Balaban J connectivity index is 1.74. The molecule has 0 saturated heterocycles. The first-order valence-corrected chi connectivity index (χ1v) is 9.86. The van der Waals surface area contributed by atoms with Crippen molar-refractivity contribution in [1.29, 1.82) is 0 Å². The molecule has 0 aliphatic heterocycles. The number of hydrogen-bond donors (Lipinski definition) is 0. The van der Waals surface area contributed by atoms with E-state index in [0.717, 1.165) is 33.4 Å². The van der Waals surface area contributed by atoms with Crippen molar-refractivity contribution >= 4 is 22.1 Å². The first kappa shape index (κ1) is 17.6. The van der Waals surface area contributed by atoms with E-state index in [0.29, 0.717) is 5.71 Å². The Morgan fingerprint density at radius 3 is 2.00 bits per heavy atom. The standard InChI is InChI=1S/C26H22N2O/c1-26(2,3)25-27-23(22-20-11-7-8-12-21(20)29-24(22)28-25)19-15-13-18(14-16-19)17-9-5-4-6-10-17/h4-16H,1-3H3. The Labute approximate surface area is 170 Å². The van der Waals surface area contributed by atoms with Crippen LogP contribution in [0.4, 0.5) is 0 Å². The third kappa shape index (κ3) is 3.09. The second-order valence-electron chi connectivity index (χ2n) is 8.37. The molecule has 0 aliphatic rings. The van der Waals surface area contributed by atoms with Crippen molar-refractivity contribution in [2.24, 2.45) is 0 Å². The summed E-state index contributed by atoms with van der Waals surface area (Å²) in [4.78, 5) is 9.75. The molecule has 3 heteroatoms. The fourth-order valence-electron chi connectivity index (χ4n) is 3.62. The number of hydrogen-bond acceptors (Lipinski definition) is 3. The van der Waals surface area contributed by atoms with Crippen LogP contribution in [0.2, 0.25) is 0 Å². The Morgan fingerprint density at radius 1 is 0.655 bits per heavy atom. The first-order valence-electron chi connectivity index (χ1n) is 9.86. The second kappa shape index (κ2) is 6.56. The molecule has 142 valence electrons. The lowest BCUT2D eigenvalue weighted by Crippen LogP contribution is -2.16. The van der Waals surface area contributed by atoms with Crippen LogP contribution < -0.4 is 0 Å². The number of furan rings is 1. The summed E-state index contributed by atoms with van der Waals surface area (Å²) in [7, 11) is 0. The molecule has 0 N–H and O–H groups in total. The van der Waals surface area contributed by atoms with Gasteiger partial charge in [0.15, 0.2) is 0 Å². The van der Waals surface area contributed by atoms with Crippen molar-refractivity contribution < 1.29 is 4.42 Å². The molecule has 0 amide bonds. The van der Waals surface area contributed by atoms with Crippen LogP contribution in [0, 0.1) is 0 Å². The van der Waals surface area contributed by atoms with Gasteiger partial charge in [0.05, 0.1) is 11.1 Å². The Hall–Kier alpha value is -3.46. The van der Waals surface area contributed by atoms with Crippen LogP contribution in [-0.4, -0.2) is 9.97 Å². The van der Waals surface area contributed by atoms with E-state index in [-0.39, 0.29) is 5.41 Å². The van der Waals surface area contributed by atoms with Gasteiger partial charge in [0, 0.05) is 16.4 Å². The van der Waals surface area contributed by atoms with Crippen molar-refractivity contribution in [2.75, 3.05) is 0 Å². The third-order valence-electron chi connectivity index (χ3n) is 5.18. The normalized spacial score (nSPS) is 12.0. The van der Waals surface area contributed by atoms with Crippen molar-refractivity contribution in [3.8, 4) is 22.4 Å². The average Bonchev–Trinajstić information content (AvgIpc) is 3.12. The minimum Gasteiger partial charge on any atom is -0.438 e. The van der Waals surface area contributed by atoms with Crippen molar-refractivity contribution in [3.05, 3.63) is 84.7 Å². The number of rotatable bonds is 2. The smallest absolute Gasteiger partial charge is 0.231 e. The molecule has 29 heavy (non-hydrogen) atoms. The maximum Gasteiger partial charge on any atom is 0.231 e. The van der Waals surface area contributed by atoms with Crippen molar-refractivity contribution in [2.45, 2.75) is 26.2 Å². The van der Waals surface area contributed by atoms with Gasteiger partial charge in [-0.25, -0.2) is 4.98 Å². The number of nitrogens with zero attached hydrogens (tertiary/aromatic N) is 2. The van der Waals surface area contributed by atoms with Gasteiger partial charge in [0.2, 0.25) is 5.71 Å². The molecule has 3 aromatic carbocycles. The van der Waals surface area contributed by atoms with Crippen molar-refractivity contribution in [3.63, 3.8) is 0 Å². The molecule has 0 bridgehead atoms. The molecule has 2 heterocycles. The largest absolute Gasteiger partial charge is 0.438 e. The molecule has 5 aromatic rings. The number of aromatic nitrogens is 2. The SMILES string of the molecule is CC(C)(C)c1nc(-c2ccc(-c3ccccc3)cc2)c2c(n1)oc1ccccc12. The summed E-state index contributed by atoms with van der Waals surface area (Å²) in [6, 6.07) is 27.0. The predicted octanol–water partition coefficient (Wildman–Crippen LogP) is 7.01. The van der Waals surface area contributed by atoms with Crippen LogP contribution in [0.5, 0.6) is 0 Å². The highest BCUT2D eigenvalue weighted by molar-refractivity contribution is 6.10. The number of benzene rings is 3. The first-order chi connectivity index (χ1) is 14.0. The van der Waals surface area contributed by atoms with Gasteiger partial charge in [-0.15, -0.1) is 0 Å². The van der Waals surface area contributed by atoms with Crippen LogP contribution >= 0.6 is 0 Å². The van der Waals surface area contributed by atoms with Crippen molar-refractivity contribution in [1.82, 2.24) is 9.97 Å². The van der Waals surface area contributed by atoms with E-state index in [9.17, 15) is 0 Å². The highest BCUT2D eigenvalue weighted by atomic mass is 16.3. The van der Waals surface area contributed by atoms with E-state index < -0.39 is 0 Å². The van der Waals surface area contributed by atoms with Gasteiger partial charge in [-0.3, -0.25) is 0 Å². The molecule has 0 spiro atoms. The van der Waals surface area contributed by atoms with Gasteiger partial charge in [0.25, 0.3) is 0 Å². The molecule has 2 aromatic heterocycles. The molecule has 0 atom stereocenters. The molecule has 0 radical (unpaired) electrons. The van der Waals surface area contributed by atoms with Crippen LogP contribution in [0.15, 0.2) is 83.3 Å². The monoisotopic (exact) mass is 378 g/mol. The van der Waals surface area contributed by atoms with Gasteiger partial charge in [0.1, 0.15) is 11.4 Å². The van der Waals surface area contributed by atoms with Crippen LogP contribution in [0.25, 0.3) is 44.5 Å². The van der Waals surface area contributed by atoms with Gasteiger partial charge >= 0.3 is 0 Å². The fraction of sp³-hybridized carbons (Fsp3) is 0.154. The minimum absolute atomic E-state index is 0.175. The predicted molar refractivity (Wildman–Crippen MR) is 119 cm³/mol. The van der Waals surface area contributed by atoms with Crippen LogP contribution in [-0.2, 0) is 5.41 Å². The van der Waals surface area contributed by atoms with Crippen LogP contribution in [0.3, 0.4) is 0 Å². The average molecular weight is 378 g/mol. The maximum absolute atomic E-state index is 6.09. The molecule has 0 unspecified atom stereocenters. The van der Waals surface area contributed by atoms with Gasteiger partial charge in [-0.2, -0.15) is 4.98 Å². The fourth-order valence-corrected chi connectivity index (χ4v) is 3.62. The summed E-state index contributed by atoms with van der Waals surface area (Å²) in [6.45, 7) is 6.37. The molecule has 5 rings (SSSR count). The Bertz CT molecular complexity index is 1310. The molecular formula is C26H22N2O. The maximum atomic E-state index is 6.09. The molecule has 0 fully saturated rings. The lowest BCUT2D eigenvalue weighted by molar-refractivity contribution is 0.540. The Morgan fingerprint density at radius 2 is 1.28 bits per heavy atom. The van der Waals surface area contributed by atoms with Gasteiger partial charge in [-0.1, -0.05) is 93.6 Å². The summed E-state index contributed by atoms with van der Waals surface area (Å²) < 4.78 is 6.09. The summed E-state index contributed by atoms with van der Waals surface area (Å²) in [5.41, 5.74) is 5.69. The van der Waals surface area contributed by atoms with E-state index in [1.807, 2.05) is 24.3 Å². The highest BCUT2D eigenvalue weighted by Crippen LogP contribution is 2.36. The zero-order chi connectivity index (χ0) is 20.0. The molecule has 0 aliphatic carbocycles. The van der Waals surface area contributed by atoms with E-state index in [1.54, 1.807) is 0 Å². The highest BCUT2D eigenvalue weighted by Gasteiger charge is 2.23. The van der Waals surface area contributed by atoms with Gasteiger partial charge in [-0.05, 0) is 17.2 Å². The van der Waals surface area contributed by atoms with E-state index in [2.05, 4.69) is 75.4 Å². The van der Waals surface area contributed by atoms with E-state index >= 15 is 0 Å². The zero-order valence-electron chi connectivity index (χ0n) is 16.8. The lowest BCUT2D eigenvalue weighted by atomic mass is 9.94. The zero-order valence-corrected chi connectivity index (χ0v) is 16.8. The topological polar surface area (TPSA) is 38.9 Å². The van der Waals surface area contributed by atoms with E-state index in [1.165, 1.54) is 11.1 Å². The number of para-hydroxylation sites is 1. The van der Waals surface area contributed by atoms with Crippen LogP contribution in [0.1, 0.15) is 26.6 Å². The minimum atomic E-state index is -0.175. The summed E-state index contributed by atoms with van der Waals surface area (Å²) in [5.74, 6) is 0.784. The summed E-state index contributed by atoms with van der Waals surface area (Å²) in [6.07, 6.45) is 0. The third-order valence-corrected chi connectivity index (χ3v) is 5.18. The molecular weight excluding hydrogens is 356 g/mol. The summed E-state index contributed by atoms with van der Waals surface area (Å²) in [5, 5.41) is 2.02. The Kier molecular flexibility index (Phi) is 3.99. The van der Waals surface area contributed by atoms with Gasteiger partial charge < -0.3 is 4.42 Å².